The van der Waals surface area contributed by atoms with Crippen molar-refractivity contribution in [2.45, 2.75) is 51.5 Å². The molecule has 2 aromatic heterocycles. The molecule has 4 heterocycles. The van der Waals surface area contributed by atoms with Gasteiger partial charge >= 0.3 is 0 Å². The molecule has 0 radical (unpaired) electrons. The van der Waals surface area contributed by atoms with Crippen LogP contribution in [0.4, 0.5) is 0 Å². The molecule has 3 atom stereocenters. The molecule has 4 bridgehead atoms. The van der Waals surface area contributed by atoms with Gasteiger partial charge in [-0.15, -0.1) is 0 Å². The van der Waals surface area contributed by atoms with Crippen molar-refractivity contribution in [2.24, 2.45) is 0 Å². The van der Waals surface area contributed by atoms with Crippen molar-refractivity contribution >= 4 is 10.9 Å². The van der Waals surface area contributed by atoms with E-state index < -0.39 is 0 Å². The number of benzene rings is 1. The minimum Gasteiger partial charge on any atom is -0.488 e. The Morgan fingerprint density at radius 1 is 1.00 bits per heavy atom. The molecule has 2 aliphatic heterocycles. The van der Waals surface area contributed by atoms with Gasteiger partial charge in [0, 0.05) is 30.0 Å². The van der Waals surface area contributed by atoms with Gasteiger partial charge in [0.25, 0.3) is 0 Å². The molecule has 0 saturated carbocycles. The summed E-state index contributed by atoms with van der Waals surface area (Å²) >= 11 is 0. The molecule has 164 valence electrons. The minimum absolute atomic E-state index is 0.0481. The summed E-state index contributed by atoms with van der Waals surface area (Å²) in [6.07, 6.45) is 6.73. The van der Waals surface area contributed by atoms with Gasteiger partial charge in [0.05, 0.1) is 31.4 Å². The second-order valence-corrected chi connectivity index (χ2v) is 8.32. The molecule has 3 aromatic rings. The first-order valence-electron chi connectivity index (χ1n) is 11.1. The van der Waals surface area contributed by atoms with Crippen molar-refractivity contribution in [1.29, 1.82) is 0 Å². The summed E-state index contributed by atoms with van der Waals surface area (Å²) in [5.41, 5.74) is 3.90. The Hall–Kier alpha value is -2.48. The van der Waals surface area contributed by atoms with Gasteiger partial charge in [0.1, 0.15) is 17.5 Å². The number of aromatic nitrogens is 3. The van der Waals surface area contributed by atoms with E-state index in [1.807, 2.05) is 37.0 Å². The number of nitrogens with zero attached hydrogens (tertiary/aromatic N) is 3. The molecular weight excluding hydrogens is 394 g/mol. The van der Waals surface area contributed by atoms with Crippen molar-refractivity contribution in [2.75, 3.05) is 26.4 Å². The lowest BCUT2D eigenvalue weighted by Gasteiger charge is -2.23. The lowest BCUT2D eigenvalue weighted by atomic mass is 10.1. The zero-order valence-corrected chi connectivity index (χ0v) is 18.1. The Labute approximate surface area is 182 Å². The summed E-state index contributed by atoms with van der Waals surface area (Å²) in [6.45, 7) is 6.37. The molecule has 0 spiro atoms. The van der Waals surface area contributed by atoms with Crippen molar-refractivity contribution in [3.8, 4) is 17.0 Å². The largest absolute Gasteiger partial charge is 0.488 e. The molecule has 0 N–H and O–H groups in total. The highest BCUT2D eigenvalue weighted by Crippen LogP contribution is 2.35. The highest BCUT2D eigenvalue weighted by molar-refractivity contribution is 5.94. The topological polar surface area (TPSA) is 67.6 Å². The van der Waals surface area contributed by atoms with E-state index in [1.54, 1.807) is 0 Å². The maximum atomic E-state index is 6.13. The predicted molar refractivity (Wildman–Crippen MR) is 117 cm³/mol. The summed E-state index contributed by atoms with van der Waals surface area (Å²) in [5, 5.41) is 6.04. The number of hydrogen-bond donors (Lipinski definition) is 0. The van der Waals surface area contributed by atoms with Crippen LogP contribution in [0, 0.1) is 0 Å². The van der Waals surface area contributed by atoms with Gasteiger partial charge in [-0.25, -0.2) is 4.68 Å². The van der Waals surface area contributed by atoms with E-state index in [1.165, 1.54) is 0 Å². The number of fused-ring (bicyclic) bond motifs is 4. The van der Waals surface area contributed by atoms with E-state index in [4.69, 9.17) is 24.0 Å². The van der Waals surface area contributed by atoms with Crippen LogP contribution in [0.5, 0.6) is 5.75 Å². The highest BCUT2D eigenvalue weighted by atomic mass is 16.6. The molecule has 0 aliphatic carbocycles. The predicted octanol–water partition coefficient (Wildman–Crippen LogP) is 4.67. The molecule has 1 fully saturated rings. The van der Waals surface area contributed by atoms with Crippen molar-refractivity contribution in [3.05, 3.63) is 42.2 Å². The number of hydrogen-bond acceptors (Lipinski definition) is 6. The van der Waals surface area contributed by atoms with Gasteiger partial charge in [-0.2, -0.15) is 5.10 Å². The second kappa shape index (κ2) is 8.94. The quantitative estimate of drug-likeness (QED) is 0.567. The van der Waals surface area contributed by atoms with Crippen molar-refractivity contribution in [1.82, 2.24) is 14.8 Å². The van der Waals surface area contributed by atoms with Crippen LogP contribution in [-0.2, 0) is 14.2 Å². The summed E-state index contributed by atoms with van der Waals surface area (Å²) in [7, 11) is 0. The Morgan fingerprint density at radius 3 is 2.81 bits per heavy atom. The molecular formula is C24H29N3O4. The van der Waals surface area contributed by atoms with Crippen LogP contribution >= 0.6 is 0 Å². The summed E-state index contributed by atoms with van der Waals surface area (Å²) < 4.78 is 25.9. The normalized spacial score (nSPS) is 25.0. The van der Waals surface area contributed by atoms with Gasteiger partial charge in [0.15, 0.2) is 6.23 Å². The number of ether oxygens (including phenoxy) is 4. The van der Waals surface area contributed by atoms with E-state index in [0.29, 0.717) is 19.8 Å². The zero-order valence-electron chi connectivity index (χ0n) is 18.1. The Morgan fingerprint density at radius 2 is 1.94 bits per heavy atom. The third kappa shape index (κ3) is 4.31. The monoisotopic (exact) mass is 423 g/mol. The maximum Gasteiger partial charge on any atom is 0.150 e. The van der Waals surface area contributed by atoms with Crippen molar-refractivity contribution in [3.63, 3.8) is 0 Å². The Kier molecular flexibility index (Phi) is 5.89. The molecule has 0 amide bonds. The summed E-state index contributed by atoms with van der Waals surface area (Å²) in [5.74, 6) is 0.803. The van der Waals surface area contributed by atoms with E-state index in [9.17, 15) is 0 Å². The molecule has 1 saturated heterocycles. The lowest BCUT2D eigenvalue weighted by molar-refractivity contribution is -0.0365. The van der Waals surface area contributed by atoms with Gasteiger partial charge in [-0.05, 0) is 62.9 Å². The standard InChI is InChI=1S/C24H29N3O4/c1-16-15-28-9-10-29-17(2)18-11-19(14-25-13-18)24-21-12-20(31-16)6-7-22(21)27(26-24)23-5-3-4-8-30-23/h6-7,11-14,16-17,23H,3-5,8-10,15H2,1-2H3/t16-,17-,23?/m0/s1. The van der Waals surface area contributed by atoms with E-state index in [-0.39, 0.29) is 18.4 Å². The zero-order chi connectivity index (χ0) is 21.2. The molecule has 31 heavy (non-hydrogen) atoms. The first-order valence-corrected chi connectivity index (χ1v) is 11.1. The van der Waals surface area contributed by atoms with Crippen LogP contribution in [0.2, 0.25) is 0 Å². The fraction of sp³-hybridized carbons (Fsp3) is 0.500. The third-order valence-corrected chi connectivity index (χ3v) is 5.89. The number of rotatable bonds is 1. The average Bonchev–Trinajstić information content (AvgIpc) is 3.18. The molecule has 5 rings (SSSR count). The molecule has 2 aliphatic rings. The van der Waals surface area contributed by atoms with Crippen LogP contribution in [0.25, 0.3) is 22.2 Å². The summed E-state index contributed by atoms with van der Waals surface area (Å²) in [4.78, 5) is 4.48. The maximum absolute atomic E-state index is 6.13. The average molecular weight is 424 g/mol. The minimum atomic E-state index is -0.0829. The van der Waals surface area contributed by atoms with E-state index >= 15 is 0 Å². The van der Waals surface area contributed by atoms with Gasteiger partial charge < -0.3 is 18.9 Å². The van der Waals surface area contributed by atoms with Gasteiger partial charge in [-0.3, -0.25) is 4.98 Å². The first-order chi connectivity index (χ1) is 15.2. The van der Waals surface area contributed by atoms with Crippen molar-refractivity contribution < 1.29 is 18.9 Å². The smallest absolute Gasteiger partial charge is 0.150 e. The second-order valence-electron chi connectivity index (χ2n) is 8.32. The molecule has 1 unspecified atom stereocenters. The Balaban J connectivity index is 1.64. The first kappa shape index (κ1) is 20.4. The number of pyridine rings is 1. The van der Waals surface area contributed by atoms with Crippen LogP contribution in [0.15, 0.2) is 36.7 Å². The van der Waals surface area contributed by atoms with Crippen LogP contribution in [-0.4, -0.2) is 47.3 Å². The van der Waals surface area contributed by atoms with Gasteiger partial charge in [-0.1, -0.05) is 0 Å². The summed E-state index contributed by atoms with van der Waals surface area (Å²) in [6, 6.07) is 8.26. The van der Waals surface area contributed by atoms with E-state index in [0.717, 1.165) is 59.3 Å². The van der Waals surface area contributed by atoms with Crippen LogP contribution in [0.3, 0.4) is 0 Å². The molecule has 1 aromatic carbocycles. The van der Waals surface area contributed by atoms with Gasteiger partial charge in [0.2, 0.25) is 0 Å². The lowest BCUT2D eigenvalue weighted by Crippen LogP contribution is -2.21. The Bertz CT molecular complexity index is 1040. The highest BCUT2D eigenvalue weighted by Gasteiger charge is 2.23. The molecule has 7 nitrogen and oxygen atoms in total. The fourth-order valence-corrected chi connectivity index (χ4v) is 4.25. The third-order valence-electron chi connectivity index (χ3n) is 5.89. The van der Waals surface area contributed by atoms with Crippen LogP contribution in [0.1, 0.15) is 51.0 Å². The van der Waals surface area contributed by atoms with E-state index in [2.05, 4.69) is 23.2 Å². The SMILES string of the molecule is C[C@@H]1OCCOC[C@H](C)Oc2ccc3c(c2)c(nn3C2CCCCO2)-c2cncc1c2. The molecule has 7 heteroatoms. The van der Waals surface area contributed by atoms with Crippen LogP contribution < -0.4 is 4.74 Å². The fourth-order valence-electron chi connectivity index (χ4n) is 4.25.